The van der Waals surface area contributed by atoms with Gasteiger partial charge in [0.2, 0.25) is 5.91 Å². The largest absolute Gasteiger partial charge is 0.350 e. The van der Waals surface area contributed by atoms with E-state index in [4.69, 9.17) is 5.73 Å². The number of hydrogen-bond acceptors (Lipinski definition) is 5. The van der Waals surface area contributed by atoms with Crippen molar-refractivity contribution in [2.24, 2.45) is 5.73 Å². The minimum absolute atomic E-state index is 0.0275. The van der Waals surface area contributed by atoms with Crippen molar-refractivity contribution in [1.29, 1.82) is 0 Å². The molecule has 0 aliphatic rings. The normalized spacial score (nSPS) is 10.4. The molecule has 0 saturated carbocycles. The summed E-state index contributed by atoms with van der Waals surface area (Å²) in [6.45, 7) is 6.21. The van der Waals surface area contributed by atoms with Gasteiger partial charge in [-0.1, -0.05) is 65.9 Å². The summed E-state index contributed by atoms with van der Waals surface area (Å²) in [5.74, 6) is 0.324. The van der Waals surface area contributed by atoms with Crippen molar-refractivity contribution < 1.29 is 9.59 Å². The van der Waals surface area contributed by atoms with E-state index >= 15 is 0 Å². The molecular weight excluding hydrogens is 400 g/mol. The van der Waals surface area contributed by atoms with E-state index in [1.807, 2.05) is 54.0 Å². The zero-order valence-electron chi connectivity index (χ0n) is 16.5. The lowest BCUT2D eigenvalue weighted by molar-refractivity contribution is -0.118. The molecule has 1 heterocycles. The first kappa shape index (κ1) is 21.1. The van der Waals surface area contributed by atoms with Gasteiger partial charge in [0.25, 0.3) is 0 Å². The molecule has 8 nitrogen and oxygen atoms in total. The van der Waals surface area contributed by atoms with E-state index in [9.17, 15) is 9.59 Å². The number of nitrogens with zero attached hydrogens (tertiary/aromatic N) is 4. The third kappa shape index (κ3) is 5.06. The average molecular weight is 423 g/mol. The van der Waals surface area contributed by atoms with E-state index < -0.39 is 11.9 Å². The van der Waals surface area contributed by atoms with Crippen molar-refractivity contribution in [1.82, 2.24) is 20.2 Å². The van der Waals surface area contributed by atoms with Crippen LogP contribution in [0.25, 0.3) is 11.4 Å². The Labute approximate surface area is 178 Å². The van der Waals surface area contributed by atoms with Gasteiger partial charge in [0.05, 0.1) is 11.4 Å². The summed E-state index contributed by atoms with van der Waals surface area (Å²) in [4.78, 5) is 24.2. The number of anilines is 1. The highest BCUT2D eigenvalue weighted by Crippen LogP contribution is 2.24. The molecule has 1 aromatic heterocycles. The molecule has 154 valence electrons. The van der Waals surface area contributed by atoms with Crippen molar-refractivity contribution >= 4 is 29.4 Å². The van der Waals surface area contributed by atoms with Crippen molar-refractivity contribution in [2.45, 2.75) is 18.6 Å². The molecule has 0 unspecified atom stereocenters. The number of primary amides is 1. The number of urea groups is 1. The number of amides is 3. The molecule has 0 saturated heterocycles. The second-order valence-electron chi connectivity index (χ2n) is 6.40. The second-order valence-corrected chi connectivity index (χ2v) is 7.35. The Hall–Kier alpha value is -3.59. The van der Waals surface area contributed by atoms with Crippen LogP contribution in [0.1, 0.15) is 5.56 Å². The Kier molecular flexibility index (Phi) is 6.87. The molecule has 0 spiro atoms. The SMILES string of the molecule is C=CCn1c(SCC(=O)NN(C(N)=O)c2ccc(C)cc2)nnc1-c1ccccc1. The lowest BCUT2D eigenvalue weighted by atomic mass is 10.2. The van der Waals surface area contributed by atoms with E-state index in [0.717, 1.165) is 16.1 Å². The van der Waals surface area contributed by atoms with Gasteiger partial charge in [-0.3, -0.25) is 14.8 Å². The standard InChI is InChI=1S/C21H22N6O2S/c1-3-13-26-19(16-7-5-4-6-8-16)23-24-21(26)30-14-18(28)25-27(20(22)29)17-11-9-15(2)10-12-17/h3-12H,1,13-14H2,2H3,(H2,22,29)(H,25,28). The van der Waals surface area contributed by atoms with Crippen molar-refractivity contribution in [3.63, 3.8) is 0 Å². The molecule has 0 atom stereocenters. The first-order valence-corrected chi connectivity index (χ1v) is 10.2. The van der Waals surface area contributed by atoms with E-state index in [1.54, 1.807) is 18.2 Å². The fourth-order valence-electron chi connectivity index (χ4n) is 2.72. The van der Waals surface area contributed by atoms with Crippen LogP contribution in [0, 0.1) is 6.92 Å². The van der Waals surface area contributed by atoms with Gasteiger partial charge in [0.15, 0.2) is 11.0 Å². The molecule has 0 aliphatic carbocycles. The number of rotatable bonds is 7. The monoisotopic (exact) mass is 422 g/mol. The number of hydrazine groups is 1. The fourth-order valence-corrected chi connectivity index (χ4v) is 3.46. The summed E-state index contributed by atoms with van der Waals surface area (Å²) >= 11 is 1.21. The Morgan fingerprint density at radius 1 is 1.17 bits per heavy atom. The summed E-state index contributed by atoms with van der Waals surface area (Å²) in [6, 6.07) is 16.0. The average Bonchev–Trinajstić information content (AvgIpc) is 3.14. The van der Waals surface area contributed by atoms with Gasteiger partial charge in [0.1, 0.15) is 0 Å². The molecule has 0 radical (unpaired) electrons. The maximum atomic E-state index is 12.5. The third-order valence-electron chi connectivity index (χ3n) is 4.14. The number of benzene rings is 2. The number of nitrogens with one attached hydrogen (secondary N) is 1. The van der Waals surface area contributed by atoms with Gasteiger partial charge in [-0.05, 0) is 19.1 Å². The molecule has 0 aliphatic heterocycles. The summed E-state index contributed by atoms with van der Waals surface area (Å²) in [5, 5.41) is 10.1. The molecular formula is C21H22N6O2S. The highest BCUT2D eigenvalue weighted by molar-refractivity contribution is 7.99. The van der Waals surface area contributed by atoms with E-state index in [-0.39, 0.29) is 5.75 Å². The first-order valence-electron chi connectivity index (χ1n) is 9.17. The van der Waals surface area contributed by atoms with Gasteiger partial charge in [-0.2, -0.15) is 0 Å². The summed E-state index contributed by atoms with van der Waals surface area (Å²) in [7, 11) is 0. The van der Waals surface area contributed by atoms with Gasteiger partial charge in [-0.15, -0.1) is 16.8 Å². The van der Waals surface area contributed by atoms with Crippen LogP contribution >= 0.6 is 11.8 Å². The van der Waals surface area contributed by atoms with Crippen LogP contribution in [0.3, 0.4) is 0 Å². The summed E-state index contributed by atoms with van der Waals surface area (Å²) in [5.41, 5.74) is 10.4. The third-order valence-corrected chi connectivity index (χ3v) is 5.11. The summed E-state index contributed by atoms with van der Waals surface area (Å²) in [6.07, 6.45) is 1.74. The maximum absolute atomic E-state index is 12.5. The van der Waals surface area contributed by atoms with E-state index in [2.05, 4.69) is 22.2 Å². The van der Waals surface area contributed by atoms with Crippen molar-refractivity contribution in [3.05, 3.63) is 72.8 Å². The highest BCUT2D eigenvalue weighted by atomic mass is 32.2. The Morgan fingerprint density at radius 2 is 1.87 bits per heavy atom. The second kappa shape index (κ2) is 9.75. The number of aromatic nitrogens is 3. The molecule has 3 aromatic rings. The molecule has 0 bridgehead atoms. The Balaban J connectivity index is 1.70. The highest BCUT2D eigenvalue weighted by Gasteiger charge is 2.18. The van der Waals surface area contributed by atoms with Gasteiger partial charge in [0, 0.05) is 12.1 Å². The van der Waals surface area contributed by atoms with Crippen LogP contribution in [-0.4, -0.2) is 32.5 Å². The molecule has 0 fully saturated rings. The number of allylic oxidation sites excluding steroid dienone is 1. The molecule has 30 heavy (non-hydrogen) atoms. The minimum atomic E-state index is -0.779. The van der Waals surface area contributed by atoms with Gasteiger partial charge < -0.3 is 5.73 Å². The predicted octanol–water partition coefficient (Wildman–Crippen LogP) is 3.15. The number of carbonyl (C=O) groups excluding carboxylic acids is 2. The first-order chi connectivity index (χ1) is 14.5. The van der Waals surface area contributed by atoms with Gasteiger partial charge in [-0.25, -0.2) is 9.80 Å². The number of thioether (sulfide) groups is 1. The topological polar surface area (TPSA) is 106 Å². The van der Waals surface area contributed by atoms with Crippen LogP contribution in [-0.2, 0) is 11.3 Å². The summed E-state index contributed by atoms with van der Waals surface area (Å²) < 4.78 is 1.88. The fraction of sp³-hybridized carbons (Fsp3) is 0.143. The number of aryl methyl sites for hydroxylation is 1. The van der Waals surface area contributed by atoms with E-state index in [1.165, 1.54) is 11.8 Å². The van der Waals surface area contributed by atoms with Crippen LogP contribution in [0.4, 0.5) is 10.5 Å². The molecule has 3 N–H and O–H groups in total. The van der Waals surface area contributed by atoms with Crippen LogP contribution < -0.4 is 16.2 Å². The molecule has 3 amide bonds. The minimum Gasteiger partial charge on any atom is -0.350 e. The van der Waals surface area contributed by atoms with Crippen molar-refractivity contribution in [3.8, 4) is 11.4 Å². The maximum Gasteiger partial charge on any atom is 0.338 e. The van der Waals surface area contributed by atoms with Gasteiger partial charge >= 0.3 is 6.03 Å². The number of hydrogen-bond donors (Lipinski definition) is 2. The van der Waals surface area contributed by atoms with Crippen LogP contribution in [0.5, 0.6) is 0 Å². The lowest BCUT2D eigenvalue weighted by Gasteiger charge is -2.21. The van der Waals surface area contributed by atoms with Crippen LogP contribution in [0.2, 0.25) is 0 Å². The number of carbonyl (C=O) groups is 2. The molecule has 2 aromatic carbocycles. The van der Waals surface area contributed by atoms with Crippen molar-refractivity contribution in [2.75, 3.05) is 10.8 Å². The van der Waals surface area contributed by atoms with E-state index in [0.29, 0.717) is 23.2 Å². The van der Waals surface area contributed by atoms with Crippen LogP contribution in [0.15, 0.2) is 72.4 Å². The smallest absolute Gasteiger partial charge is 0.338 e. The molecule has 3 rings (SSSR count). The Bertz CT molecular complexity index is 1030. The number of nitrogens with two attached hydrogens (primary N) is 1. The zero-order valence-corrected chi connectivity index (χ0v) is 17.3. The quantitative estimate of drug-likeness (QED) is 0.346. The molecule has 9 heteroatoms. The predicted molar refractivity (Wildman–Crippen MR) is 118 cm³/mol. The zero-order chi connectivity index (χ0) is 21.5. The Morgan fingerprint density at radius 3 is 2.50 bits per heavy atom. The lowest BCUT2D eigenvalue weighted by Crippen LogP contribution is -2.49.